The predicted octanol–water partition coefficient (Wildman–Crippen LogP) is 2.72. The van der Waals surface area contributed by atoms with Crippen LogP contribution in [0.3, 0.4) is 0 Å². The lowest BCUT2D eigenvalue weighted by atomic mass is 10.1. The number of halogens is 2. The van der Waals surface area contributed by atoms with Crippen LogP contribution in [0.1, 0.15) is 26.2 Å². The van der Waals surface area contributed by atoms with Crippen molar-refractivity contribution in [3.8, 4) is 0 Å². The molecule has 1 rings (SSSR count). The number of alkyl halides is 2. The lowest BCUT2D eigenvalue weighted by Gasteiger charge is -2.15. The van der Waals surface area contributed by atoms with Crippen molar-refractivity contribution in [2.24, 2.45) is 0 Å². The minimum absolute atomic E-state index is 0.188. The Hall–Kier alpha value is -0.600. The number of rotatable bonds is 2. The SMILES string of the molecule is C=C1CCC(CC(C)(F)F)O1. The molecular formula is C8H12F2O. The van der Waals surface area contributed by atoms with Gasteiger partial charge in [-0.3, -0.25) is 0 Å². The summed E-state index contributed by atoms with van der Waals surface area (Å²) in [5.74, 6) is -1.98. The summed E-state index contributed by atoms with van der Waals surface area (Å²) in [5.41, 5.74) is 0. The third kappa shape index (κ3) is 2.87. The van der Waals surface area contributed by atoms with Crippen LogP contribution in [0.15, 0.2) is 12.3 Å². The molecule has 1 aliphatic heterocycles. The quantitative estimate of drug-likeness (QED) is 0.606. The molecule has 1 unspecified atom stereocenters. The molecule has 1 heterocycles. The first kappa shape index (κ1) is 8.50. The molecule has 0 amide bonds. The third-order valence-corrected chi connectivity index (χ3v) is 1.66. The molecule has 0 aromatic carbocycles. The lowest BCUT2D eigenvalue weighted by molar-refractivity contribution is -0.0263. The van der Waals surface area contributed by atoms with Crippen molar-refractivity contribution in [1.29, 1.82) is 0 Å². The van der Waals surface area contributed by atoms with Gasteiger partial charge in [0, 0.05) is 12.8 Å². The van der Waals surface area contributed by atoms with E-state index in [-0.39, 0.29) is 12.5 Å². The Balaban J connectivity index is 2.34. The second-order valence-corrected chi connectivity index (χ2v) is 3.09. The maximum atomic E-state index is 12.4. The molecule has 3 heteroatoms. The molecule has 64 valence electrons. The molecule has 0 aliphatic carbocycles. The highest BCUT2D eigenvalue weighted by molar-refractivity contribution is 4.92. The van der Waals surface area contributed by atoms with E-state index in [9.17, 15) is 8.78 Å². The Labute approximate surface area is 65.0 Å². The molecule has 1 aliphatic rings. The summed E-state index contributed by atoms with van der Waals surface area (Å²) in [6.45, 7) is 4.48. The average Bonchev–Trinajstić information content (AvgIpc) is 2.10. The Morgan fingerprint density at radius 2 is 2.36 bits per heavy atom. The zero-order valence-corrected chi connectivity index (χ0v) is 6.57. The summed E-state index contributed by atoms with van der Waals surface area (Å²) in [6.07, 6.45) is 0.900. The first-order valence-corrected chi connectivity index (χ1v) is 3.69. The smallest absolute Gasteiger partial charge is 0.248 e. The second kappa shape index (κ2) is 2.80. The zero-order chi connectivity index (χ0) is 8.48. The predicted molar refractivity (Wildman–Crippen MR) is 38.5 cm³/mol. The van der Waals surface area contributed by atoms with Crippen LogP contribution in [0, 0.1) is 0 Å². The average molecular weight is 162 g/mol. The highest BCUT2D eigenvalue weighted by Crippen LogP contribution is 2.29. The van der Waals surface area contributed by atoms with Crippen LogP contribution < -0.4 is 0 Å². The fourth-order valence-electron chi connectivity index (χ4n) is 1.22. The number of allylic oxidation sites excluding steroid dienone is 1. The number of ether oxygens (including phenoxy) is 1. The van der Waals surface area contributed by atoms with Crippen molar-refractivity contribution >= 4 is 0 Å². The summed E-state index contributed by atoms with van der Waals surface area (Å²) in [6, 6.07) is 0. The van der Waals surface area contributed by atoms with Crippen molar-refractivity contribution in [2.45, 2.75) is 38.2 Å². The van der Waals surface area contributed by atoms with Gasteiger partial charge in [0.25, 0.3) is 0 Å². The Bertz CT molecular complexity index is 160. The highest BCUT2D eigenvalue weighted by atomic mass is 19.3. The third-order valence-electron chi connectivity index (χ3n) is 1.66. The molecule has 0 aromatic rings. The van der Waals surface area contributed by atoms with Gasteiger partial charge in [0.05, 0.1) is 5.76 Å². The molecule has 0 radical (unpaired) electrons. The molecule has 0 aromatic heterocycles. The molecule has 0 N–H and O–H groups in total. The Morgan fingerprint density at radius 3 is 2.73 bits per heavy atom. The maximum absolute atomic E-state index is 12.4. The van der Waals surface area contributed by atoms with Gasteiger partial charge in [-0.25, -0.2) is 8.78 Å². The Kier molecular flexibility index (Phi) is 2.16. The van der Waals surface area contributed by atoms with E-state index < -0.39 is 5.92 Å². The maximum Gasteiger partial charge on any atom is 0.248 e. The second-order valence-electron chi connectivity index (χ2n) is 3.09. The summed E-state index contributed by atoms with van der Waals surface area (Å²) in [7, 11) is 0. The fourth-order valence-corrected chi connectivity index (χ4v) is 1.22. The molecule has 0 spiro atoms. The van der Waals surface area contributed by atoms with Crippen molar-refractivity contribution in [2.75, 3.05) is 0 Å². The van der Waals surface area contributed by atoms with E-state index in [0.29, 0.717) is 12.2 Å². The van der Waals surface area contributed by atoms with Crippen LogP contribution in [-0.4, -0.2) is 12.0 Å². The van der Waals surface area contributed by atoms with Gasteiger partial charge in [0.2, 0.25) is 5.92 Å². The van der Waals surface area contributed by atoms with E-state index >= 15 is 0 Å². The fraction of sp³-hybridized carbons (Fsp3) is 0.750. The van der Waals surface area contributed by atoms with Gasteiger partial charge in [0.15, 0.2) is 0 Å². The molecule has 0 bridgehead atoms. The van der Waals surface area contributed by atoms with Crippen LogP contribution in [-0.2, 0) is 4.74 Å². The monoisotopic (exact) mass is 162 g/mol. The van der Waals surface area contributed by atoms with E-state index in [1.807, 2.05) is 0 Å². The van der Waals surface area contributed by atoms with Crippen LogP contribution in [0.5, 0.6) is 0 Å². The van der Waals surface area contributed by atoms with Gasteiger partial charge in [-0.15, -0.1) is 0 Å². The van der Waals surface area contributed by atoms with Crippen molar-refractivity contribution in [3.63, 3.8) is 0 Å². The first-order chi connectivity index (χ1) is 4.97. The number of hydrogen-bond acceptors (Lipinski definition) is 1. The number of hydrogen-bond donors (Lipinski definition) is 0. The van der Waals surface area contributed by atoms with Gasteiger partial charge in [-0.05, 0) is 13.3 Å². The normalized spacial score (nSPS) is 25.4. The largest absolute Gasteiger partial charge is 0.495 e. The van der Waals surface area contributed by atoms with Crippen LogP contribution in [0.4, 0.5) is 8.78 Å². The Morgan fingerprint density at radius 1 is 1.73 bits per heavy atom. The first-order valence-electron chi connectivity index (χ1n) is 3.69. The van der Waals surface area contributed by atoms with Crippen molar-refractivity contribution < 1.29 is 13.5 Å². The summed E-state index contributed by atoms with van der Waals surface area (Å²) >= 11 is 0. The van der Waals surface area contributed by atoms with Gasteiger partial charge >= 0.3 is 0 Å². The van der Waals surface area contributed by atoms with E-state index in [4.69, 9.17) is 4.74 Å². The molecule has 1 atom stereocenters. The molecule has 1 nitrogen and oxygen atoms in total. The molecular weight excluding hydrogens is 150 g/mol. The van der Waals surface area contributed by atoms with E-state index in [1.54, 1.807) is 0 Å². The van der Waals surface area contributed by atoms with E-state index in [1.165, 1.54) is 0 Å². The van der Waals surface area contributed by atoms with Crippen molar-refractivity contribution in [3.05, 3.63) is 12.3 Å². The van der Waals surface area contributed by atoms with Gasteiger partial charge in [-0.2, -0.15) is 0 Å². The molecule has 11 heavy (non-hydrogen) atoms. The molecule has 0 saturated carbocycles. The summed E-state index contributed by atoms with van der Waals surface area (Å²) in [4.78, 5) is 0. The van der Waals surface area contributed by atoms with Crippen LogP contribution in [0.2, 0.25) is 0 Å². The highest BCUT2D eigenvalue weighted by Gasteiger charge is 2.30. The topological polar surface area (TPSA) is 9.23 Å². The summed E-state index contributed by atoms with van der Waals surface area (Å²) in [5, 5.41) is 0. The zero-order valence-electron chi connectivity index (χ0n) is 6.57. The standard InChI is InChI=1S/C8H12F2O/c1-6-3-4-7(11-6)5-8(2,9)10/h7H,1,3-5H2,2H3. The van der Waals surface area contributed by atoms with E-state index in [0.717, 1.165) is 13.3 Å². The van der Waals surface area contributed by atoms with Gasteiger partial charge in [0.1, 0.15) is 6.10 Å². The van der Waals surface area contributed by atoms with Crippen molar-refractivity contribution in [1.82, 2.24) is 0 Å². The molecule has 1 saturated heterocycles. The molecule has 1 fully saturated rings. The van der Waals surface area contributed by atoms with Crippen LogP contribution in [0.25, 0.3) is 0 Å². The van der Waals surface area contributed by atoms with Gasteiger partial charge in [-0.1, -0.05) is 6.58 Å². The van der Waals surface area contributed by atoms with Gasteiger partial charge < -0.3 is 4.74 Å². The van der Waals surface area contributed by atoms with Crippen LogP contribution >= 0.6 is 0 Å². The summed E-state index contributed by atoms with van der Waals surface area (Å²) < 4.78 is 29.8. The minimum Gasteiger partial charge on any atom is -0.495 e. The van der Waals surface area contributed by atoms with E-state index in [2.05, 4.69) is 6.58 Å². The lowest BCUT2D eigenvalue weighted by Crippen LogP contribution is -2.19. The minimum atomic E-state index is -2.62.